The summed E-state index contributed by atoms with van der Waals surface area (Å²) in [4.78, 5) is 4.19. The van der Waals surface area contributed by atoms with Crippen LogP contribution in [0.1, 0.15) is 12.5 Å². The van der Waals surface area contributed by atoms with Gasteiger partial charge in [-0.2, -0.15) is 0 Å². The number of aliphatic imine (C=N–C) groups is 1. The predicted molar refractivity (Wildman–Crippen MR) is 55.4 cm³/mol. The number of benzene rings is 1. The number of nitrogens with one attached hydrogen (secondary N) is 1. The summed E-state index contributed by atoms with van der Waals surface area (Å²) in [5.74, 6) is 0.221. The molecule has 0 amide bonds. The maximum atomic E-state index is 13.4. The Morgan fingerprint density at radius 1 is 1.57 bits per heavy atom. The van der Waals surface area contributed by atoms with Crippen LogP contribution in [0.15, 0.2) is 23.2 Å². The van der Waals surface area contributed by atoms with E-state index in [2.05, 4.69) is 10.3 Å². The Morgan fingerprint density at radius 2 is 2.36 bits per heavy atom. The van der Waals surface area contributed by atoms with Crippen molar-refractivity contribution >= 4 is 17.4 Å². The second kappa shape index (κ2) is 3.58. The number of hydrogen-bond donors (Lipinski definition) is 1. The third-order valence-electron chi connectivity index (χ3n) is 2.11. The van der Waals surface area contributed by atoms with Crippen LogP contribution in [0.25, 0.3) is 0 Å². The first kappa shape index (κ1) is 9.46. The van der Waals surface area contributed by atoms with Gasteiger partial charge in [0.2, 0.25) is 0 Å². The van der Waals surface area contributed by atoms with Gasteiger partial charge in [-0.1, -0.05) is 17.7 Å². The van der Waals surface area contributed by atoms with E-state index in [9.17, 15) is 4.39 Å². The molecule has 1 aromatic carbocycles. The number of nitrogens with zero attached hydrogens (tertiary/aromatic N) is 1. The minimum atomic E-state index is -0.335. The van der Waals surface area contributed by atoms with Gasteiger partial charge >= 0.3 is 0 Å². The Labute approximate surface area is 86.8 Å². The van der Waals surface area contributed by atoms with E-state index in [1.54, 1.807) is 12.1 Å². The van der Waals surface area contributed by atoms with E-state index in [0.29, 0.717) is 23.0 Å². The summed E-state index contributed by atoms with van der Waals surface area (Å²) in [7, 11) is 0. The molecule has 1 unspecified atom stereocenters. The van der Waals surface area contributed by atoms with Crippen LogP contribution in [0.5, 0.6) is 0 Å². The highest BCUT2D eigenvalue weighted by Gasteiger charge is 2.19. The maximum absolute atomic E-state index is 13.4. The Kier molecular flexibility index (Phi) is 2.42. The van der Waals surface area contributed by atoms with E-state index in [-0.39, 0.29) is 11.9 Å². The summed E-state index contributed by atoms with van der Waals surface area (Å²) >= 11 is 5.90. The van der Waals surface area contributed by atoms with E-state index in [0.717, 1.165) is 0 Å². The Balaban J connectivity index is 2.42. The van der Waals surface area contributed by atoms with Gasteiger partial charge in [0.1, 0.15) is 11.7 Å². The number of rotatable bonds is 1. The molecule has 2 rings (SSSR count). The average molecular weight is 213 g/mol. The first-order valence-electron chi connectivity index (χ1n) is 4.44. The predicted octanol–water partition coefficient (Wildman–Crippen LogP) is 2.22. The number of halogens is 2. The lowest BCUT2D eigenvalue weighted by atomic mass is 10.2. The molecule has 1 atom stereocenters. The highest BCUT2D eigenvalue weighted by molar-refractivity contribution is 6.34. The molecule has 0 spiro atoms. The Bertz CT molecular complexity index is 369. The van der Waals surface area contributed by atoms with Crippen LogP contribution < -0.4 is 5.32 Å². The van der Waals surface area contributed by atoms with Crippen LogP contribution in [0.2, 0.25) is 5.02 Å². The largest absolute Gasteiger partial charge is 0.365 e. The summed E-state index contributed by atoms with van der Waals surface area (Å²) in [6.45, 7) is 2.66. The van der Waals surface area contributed by atoms with Gasteiger partial charge in [0.15, 0.2) is 0 Å². The summed E-state index contributed by atoms with van der Waals surface area (Å²) in [5.41, 5.74) is 0.374. The van der Waals surface area contributed by atoms with Crippen LogP contribution >= 0.6 is 11.6 Å². The van der Waals surface area contributed by atoms with E-state index >= 15 is 0 Å². The van der Waals surface area contributed by atoms with E-state index in [1.807, 2.05) is 6.92 Å². The molecule has 0 saturated carbocycles. The number of hydrogen-bond acceptors (Lipinski definition) is 2. The van der Waals surface area contributed by atoms with Crippen molar-refractivity contribution in [3.8, 4) is 0 Å². The molecule has 0 radical (unpaired) electrons. The van der Waals surface area contributed by atoms with Crippen LogP contribution in [0.4, 0.5) is 4.39 Å². The molecule has 2 nitrogen and oxygen atoms in total. The van der Waals surface area contributed by atoms with Crippen LogP contribution in [0, 0.1) is 5.82 Å². The minimum Gasteiger partial charge on any atom is -0.365 e. The second-order valence-electron chi connectivity index (χ2n) is 3.33. The average Bonchev–Trinajstić information content (AvgIpc) is 2.51. The van der Waals surface area contributed by atoms with Gasteiger partial charge in [0.05, 0.1) is 17.1 Å². The molecule has 14 heavy (non-hydrogen) atoms. The molecular weight excluding hydrogens is 203 g/mol. The topological polar surface area (TPSA) is 24.4 Å². The molecule has 74 valence electrons. The second-order valence-corrected chi connectivity index (χ2v) is 3.74. The van der Waals surface area contributed by atoms with Crippen molar-refractivity contribution < 1.29 is 4.39 Å². The van der Waals surface area contributed by atoms with Gasteiger partial charge in [0.25, 0.3) is 0 Å². The summed E-state index contributed by atoms with van der Waals surface area (Å²) < 4.78 is 13.4. The normalized spacial score (nSPS) is 20.5. The standard InChI is InChI=1S/C10H10ClFN2/c1-6-5-13-10(14-6)9-7(11)3-2-4-8(9)12/h2-4,6H,5H2,1H3,(H,13,14). The molecule has 0 bridgehead atoms. The van der Waals surface area contributed by atoms with Gasteiger partial charge in [-0.05, 0) is 19.1 Å². The first-order valence-corrected chi connectivity index (χ1v) is 4.81. The van der Waals surface area contributed by atoms with E-state index in [1.165, 1.54) is 6.07 Å². The SMILES string of the molecule is CC1CN=C(c2c(F)cccc2Cl)N1. The van der Waals surface area contributed by atoms with Crippen molar-refractivity contribution in [1.29, 1.82) is 0 Å². The quantitative estimate of drug-likeness (QED) is 0.759. The van der Waals surface area contributed by atoms with Gasteiger partial charge in [-0.25, -0.2) is 4.39 Å². The van der Waals surface area contributed by atoms with Crippen molar-refractivity contribution in [2.75, 3.05) is 6.54 Å². The van der Waals surface area contributed by atoms with Crippen LogP contribution in [-0.2, 0) is 0 Å². The van der Waals surface area contributed by atoms with Gasteiger partial charge in [0, 0.05) is 6.04 Å². The maximum Gasteiger partial charge on any atom is 0.135 e. The summed E-state index contributed by atoms with van der Waals surface area (Å²) in [6.07, 6.45) is 0. The Morgan fingerprint density at radius 3 is 2.93 bits per heavy atom. The fourth-order valence-corrected chi connectivity index (χ4v) is 1.68. The lowest BCUT2D eigenvalue weighted by Crippen LogP contribution is -2.28. The molecule has 1 N–H and O–H groups in total. The van der Waals surface area contributed by atoms with E-state index in [4.69, 9.17) is 11.6 Å². The smallest absolute Gasteiger partial charge is 0.135 e. The fraction of sp³-hybridized carbons (Fsp3) is 0.300. The zero-order valence-electron chi connectivity index (χ0n) is 7.72. The lowest BCUT2D eigenvalue weighted by Gasteiger charge is -2.08. The molecule has 1 aliphatic heterocycles. The van der Waals surface area contributed by atoms with Gasteiger partial charge < -0.3 is 5.32 Å². The first-order chi connectivity index (χ1) is 6.68. The molecule has 0 saturated heterocycles. The third-order valence-corrected chi connectivity index (χ3v) is 2.42. The van der Waals surface area contributed by atoms with Crippen molar-refractivity contribution in [3.05, 3.63) is 34.6 Å². The Hall–Kier alpha value is -1.09. The molecule has 0 fully saturated rings. The van der Waals surface area contributed by atoms with Crippen LogP contribution in [-0.4, -0.2) is 18.4 Å². The van der Waals surface area contributed by atoms with Crippen LogP contribution in [0.3, 0.4) is 0 Å². The molecule has 1 aliphatic rings. The zero-order valence-corrected chi connectivity index (χ0v) is 8.48. The van der Waals surface area contributed by atoms with Gasteiger partial charge in [-0.3, -0.25) is 4.99 Å². The fourth-order valence-electron chi connectivity index (χ4n) is 1.43. The molecule has 4 heteroatoms. The zero-order chi connectivity index (χ0) is 10.1. The van der Waals surface area contributed by atoms with Gasteiger partial charge in [-0.15, -0.1) is 0 Å². The van der Waals surface area contributed by atoms with Crippen molar-refractivity contribution in [1.82, 2.24) is 5.32 Å². The lowest BCUT2D eigenvalue weighted by molar-refractivity contribution is 0.624. The van der Waals surface area contributed by atoms with Crippen molar-refractivity contribution in [2.24, 2.45) is 4.99 Å². The summed E-state index contributed by atoms with van der Waals surface area (Å²) in [5, 5.41) is 3.47. The van der Waals surface area contributed by atoms with Crippen molar-refractivity contribution in [3.63, 3.8) is 0 Å². The molecule has 0 aliphatic carbocycles. The molecule has 0 aromatic heterocycles. The summed E-state index contributed by atoms with van der Waals surface area (Å²) in [6, 6.07) is 4.88. The monoisotopic (exact) mass is 212 g/mol. The molecule has 1 heterocycles. The highest BCUT2D eigenvalue weighted by atomic mass is 35.5. The highest BCUT2D eigenvalue weighted by Crippen LogP contribution is 2.20. The van der Waals surface area contributed by atoms with Crippen molar-refractivity contribution in [2.45, 2.75) is 13.0 Å². The molecule has 1 aromatic rings. The third kappa shape index (κ3) is 1.60. The number of amidine groups is 1. The molecular formula is C10H10ClFN2. The van der Waals surface area contributed by atoms with E-state index < -0.39 is 0 Å². The minimum absolute atomic E-state index is 0.251.